The Bertz CT molecular complexity index is 780. The number of hydrogen-bond acceptors (Lipinski definition) is 3. The van der Waals surface area contributed by atoms with Crippen molar-refractivity contribution in [1.82, 2.24) is 0 Å². The third kappa shape index (κ3) is 3.28. The predicted molar refractivity (Wildman–Crippen MR) is 99.7 cm³/mol. The monoisotopic (exact) mass is 331 g/mol. The molecule has 0 aromatic heterocycles. The minimum Gasteiger partial charge on any atom is -0.491 e. The van der Waals surface area contributed by atoms with E-state index in [-0.39, 0.29) is 12.6 Å². The van der Waals surface area contributed by atoms with Crippen LogP contribution in [-0.4, -0.2) is 29.6 Å². The van der Waals surface area contributed by atoms with Crippen LogP contribution in [-0.2, 0) is 4.74 Å². The second kappa shape index (κ2) is 7.08. The molecular weight excluding hydrogens is 310 g/mol. The van der Waals surface area contributed by atoms with Crippen LogP contribution in [0.5, 0.6) is 0 Å². The van der Waals surface area contributed by atoms with Gasteiger partial charge >= 0.3 is 0 Å². The lowest BCUT2D eigenvalue weighted by molar-refractivity contribution is 0.0443. The topological polar surface area (TPSA) is 41.8 Å². The molecule has 0 saturated heterocycles. The van der Waals surface area contributed by atoms with Crippen molar-refractivity contribution in [3.63, 3.8) is 0 Å². The molecule has 1 heterocycles. The maximum atomic E-state index is 10.6. The van der Waals surface area contributed by atoms with Crippen LogP contribution < -0.4 is 0 Å². The highest BCUT2D eigenvalue weighted by atomic mass is 16.5. The quantitative estimate of drug-likeness (QED) is 0.867. The van der Waals surface area contributed by atoms with Crippen LogP contribution in [0.4, 0.5) is 0 Å². The van der Waals surface area contributed by atoms with Gasteiger partial charge in [0.2, 0.25) is 0 Å². The SMILES string of the molecule is O[C@H]1COC2=C(CCC=C2)[C@@H]1N=C(c1ccccc1)c1ccccc1. The van der Waals surface area contributed by atoms with Gasteiger partial charge in [-0.3, -0.25) is 4.99 Å². The molecule has 0 spiro atoms. The molecule has 1 aliphatic carbocycles. The highest BCUT2D eigenvalue weighted by molar-refractivity contribution is 6.13. The van der Waals surface area contributed by atoms with E-state index in [9.17, 15) is 5.11 Å². The number of aliphatic imine (C=N–C) groups is 1. The predicted octanol–water partition coefficient (Wildman–Crippen LogP) is 3.89. The summed E-state index contributed by atoms with van der Waals surface area (Å²) in [7, 11) is 0. The summed E-state index contributed by atoms with van der Waals surface area (Å²) in [6, 6.07) is 20.1. The molecule has 0 saturated carbocycles. The van der Waals surface area contributed by atoms with Gasteiger partial charge in [-0.05, 0) is 24.5 Å². The van der Waals surface area contributed by atoms with E-state index in [1.165, 1.54) is 0 Å². The molecule has 2 aromatic rings. The molecule has 0 fully saturated rings. The Morgan fingerprint density at radius 3 is 2.24 bits per heavy atom. The molecule has 2 aromatic carbocycles. The number of aliphatic hydroxyl groups excluding tert-OH is 1. The molecule has 4 rings (SSSR count). The Balaban J connectivity index is 1.82. The second-order valence-electron chi connectivity index (χ2n) is 6.36. The number of nitrogens with zero attached hydrogens (tertiary/aromatic N) is 1. The van der Waals surface area contributed by atoms with E-state index in [0.29, 0.717) is 0 Å². The maximum absolute atomic E-state index is 10.6. The lowest BCUT2D eigenvalue weighted by Gasteiger charge is -2.31. The first-order chi connectivity index (χ1) is 12.3. The van der Waals surface area contributed by atoms with Crippen molar-refractivity contribution >= 4 is 5.71 Å². The summed E-state index contributed by atoms with van der Waals surface area (Å²) >= 11 is 0. The van der Waals surface area contributed by atoms with Crippen molar-refractivity contribution in [2.45, 2.75) is 25.0 Å². The first-order valence-electron chi connectivity index (χ1n) is 8.72. The van der Waals surface area contributed by atoms with Crippen LogP contribution in [0.1, 0.15) is 24.0 Å². The highest BCUT2D eigenvalue weighted by Crippen LogP contribution is 2.31. The Kier molecular flexibility index (Phi) is 4.49. The van der Waals surface area contributed by atoms with Gasteiger partial charge in [-0.1, -0.05) is 66.7 Å². The lowest BCUT2D eigenvalue weighted by Crippen LogP contribution is -2.37. The molecule has 1 N–H and O–H groups in total. The highest BCUT2D eigenvalue weighted by Gasteiger charge is 2.32. The third-order valence-electron chi connectivity index (χ3n) is 4.66. The van der Waals surface area contributed by atoms with Crippen LogP contribution in [0, 0.1) is 0 Å². The van der Waals surface area contributed by atoms with Crippen molar-refractivity contribution in [1.29, 1.82) is 0 Å². The fraction of sp³-hybridized carbons (Fsp3) is 0.227. The molecule has 2 aliphatic rings. The normalized spacial score (nSPS) is 22.1. The van der Waals surface area contributed by atoms with E-state index in [4.69, 9.17) is 9.73 Å². The Labute approximate surface area is 148 Å². The van der Waals surface area contributed by atoms with Gasteiger partial charge in [-0.15, -0.1) is 0 Å². The van der Waals surface area contributed by atoms with E-state index in [0.717, 1.165) is 41.0 Å². The molecule has 3 heteroatoms. The average molecular weight is 331 g/mol. The zero-order valence-electron chi connectivity index (χ0n) is 14.0. The Hall–Kier alpha value is -2.65. The number of rotatable bonds is 3. The van der Waals surface area contributed by atoms with Crippen molar-refractivity contribution in [2.75, 3.05) is 6.61 Å². The van der Waals surface area contributed by atoms with E-state index in [1.54, 1.807) is 0 Å². The smallest absolute Gasteiger partial charge is 0.120 e. The molecule has 0 radical (unpaired) electrons. The van der Waals surface area contributed by atoms with Crippen molar-refractivity contribution in [2.24, 2.45) is 4.99 Å². The van der Waals surface area contributed by atoms with E-state index in [1.807, 2.05) is 42.5 Å². The van der Waals surface area contributed by atoms with Gasteiger partial charge < -0.3 is 9.84 Å². The second-order valence-corrected chi connectivity index (χ2v) is 6.36. The molecule has 1 aliphatic heterocycles. The van der Waals surface area contributed by atoms with Gasteiger partial charge in [0.25, 0.3) is 0 Å². The molecule has 2 atom stereocenters. The number of hydrogen-bond donors (Lipinski definition) is 1. The fourth-order valence-corrected chi connectivity index (χ4v) is 3.40. The Morgan fingerprint density at radius 2 is 1.60 bits per heavy atom. The summed E-state index contributed by atoms with van der Waals surface area (Å²) in [5, 5.41) is 10.6. The number of aliphatic hydroxyl groups is 1. The van der Waals surface area contributed by atoms with Crippen LogP contribution in [0.15, 0.2) is 89.1 Å². The maximum Gasteiger partial charge on any atom is 0.120 e. The molecule has 0 bridgehead atoms. The van der Waals surface area contributed by atoms with E-state index >= 15 is 0 Å². The van der Waals surface area contributed by atoms with Crippen molar-refractivity contribution < 1.29 is 9.84 Å². The summed E-state index contributed by atoms with van der Waals surface area (Å²) in [6.45, 7) is 0.286. The first-order valence-corrected chi connectivity index (χ1v) is 8.72. The minimum atomic E-state index is -0.618. The molecule has 25 heavy (non-hydrogen) atoms. The summed E-state index contributed by atoms with van der Waals surface area (Å²) in [4.78, 5) is 5.04. The molecule has 0 amide bonds. The first kappa shape index (κ1) is 15.9. The van der Waals surface area contributed by atoms with Gasteiger partial charge in [0.1, 0.15) is 24.5 Å². The van der Waals surface area contributed by atoms with Gasteiger partial charge in [0.15, 0.2) is 0 Å². The van der Waals surface area contributed by atoms with E-state index < -0.39 is 6.10 Å². The lowest BCUT2D eigenvalue weighted by atomic mass is 9.90. The summed E-state index contributed by atoms with van der Waals surface area (Å²) in [6.07, 6.45) is 5.36. The van der Waals surface area contributed by atoms with Crippen LogP contribution in [0.2, 0.25) is 0 Å². The number of allylic oxidation sites excluding steroid dienone is 2. The van der Waals surface area contributed by atoms with Crippen molar-refractivity contribution in [3.05, 3.63) is 95.3 Å². The molecule has 126 valence electrons. The molecule has 3 nitrogen and oxygen atoms in total. The van der Waals surface area contributed by atoms with Crippen LogP contribution >= 0.6 is 0 Å². The largest absolute Gasteiger partial charge is 0.491 e. The average Bonchev–Trinajstić information content (AvgIpc) is 2.69. The number of ether oxygens (including phenoxy) is 1. The number of benzene rings is 2. The molecular formula is C22H21NO2. The summed E-state index contributed by atoms with van der Waals surface area (Å²) in [5.41, 5.74) is 4.13. The van der Waals surface area contributed by atoms with Crippen molar-refractivity contribution in [3.8, 4) is 0 Å². The minimum absolute atomic E-state index is 0.260. The zero-order valence-corrected chi connectivity index (χ0v) is 14.0. The fourth-order valence-electron chi connectivity index (χ4n) is 3.40. The molecule has 0 unspecified atom stereocenters. The van der Waals surface area contributed by atoms with Gasteiger partial charge in [0, 0.05) is 11.1 Å². The Morgan fingerprint density at radius 1 is 0.960 bits per heavy atom. The standard InChI is InChI=1S/C22H21NO2/c24-19-15-25-20-14-8-7-13-18(20)22(19)23-21(16-9-3-1-4-10-16)17-11-5-2-6-12-17/h1-6,8-12,14,19,22,24H,7,13,15H2/t19-,22-/m0/s1. The van der Waals surface area contributed by atoms with Crippen LogP contribution in [0.3, 0.4) is 0 Å². The van der Waals surface area contributed by atoms with Gasteiger partial charge in [0.05, 0.1) is 5.71 Å². The summed E-state index contributed by atoms with van der Waals surface area (Å²) < 4.78 is 5.69. The van der Waals surface area contributed by atoms with E-state index in [2.05, 4.69) is 30.3 Å². The van der Waals surface area contributed by atoms with Crippen LogP contribution in [0.25, 0.3) is 0 Å². The third-order valence-corrected chi connectivity index (χ3v) is 4.66. The van der Waals surface area contributed by atoms with Gasteiger partial charge in [-0.25, -0.2) is 0 Å². The summed E-state index contributed by atoms with van der Waals surface area (Å²) in [5.74, 6) is 0.880. The van der Waals surface area contributed by atoms with Gasteiger partial charge in [-0.2, -0.15) is 0 Å². The zero-order chi connectivity index (χ0) is 17.1.